The van der Waals surface area contributed by atoms with Gasteiger partial charge in [-0.1, -0.05) is 37.3 Å². The third-order valence-corrected chi connectivity index (χ3v) is 1.69. The van der Waals surface area contributed by atoms with E-state index in [9.17, 15) is 0 Å². The zero-order valence-corrected chi connectivity index (χ0v) is 7.75. The molecule has 0 atom stereocenters. The monoisotopic (exact) mass is 164 g/mol. The highest BCUT2D eigenvalue weighted by atomic mass is 15.5. The van der Waals surface area contributed by atoms with Gasteiger partial charge in [0.15, 0.2) is 0 Å². The number of nitrogens with zero attached hydrogens (tertiary/aromatic N) is 1. The highest BCUT2D eigenvalue weighted by Gasteiger charge is 1.95. The molecule has 0 aliphatic carbocycles. The molecule has 0 aliphatic heterocycles. The van der Waals surface area contributed by atoms with Gasteiger partial charge in [-0.3, -0.25) is 5.43 Å². The number of hydrogen-bond donors (Lipinski definition) is 1. The molecule has 0 saturated heterocycles. The van der Waals surface area contributed by atoms with Gasteiger partial charge in [-0.2, -0.15) is 0 Å². The lowest BCUT2D eigenvalue weighted by Gasteiger charge is -2.16. The second kappa shape index (κ2) is 4.91. The van der Waals surface area contributed by atoms with Crippen molar-refractivity contribution in [2.24, 2.45) is 0 Å². The predicted molar refractivity (Wildman–Crippen MR) is 51.6 cm³/mol. The minimum Gasteiger partial charge on any atom is -0.255 e. The molecule has 0 fully saturated rings. The second-order valence-electron chi connectivity index (χ2n) is 2.85. The van der Waals surface area contributed by atoms with Gasteiger partial charge >= 0.3 is 0 Å². The summed E-state index contributed by atoms with van der Waals surface area (Å²) in [5.41, 5.74) is 4.56. The maximum absolute atomic E-state index is 3.23. The Morgan fingerprint density at radius 1 is 1.25 bits per heavy atom. The lowest BCUT2D eigenvalue weighted by atomic mass is 10.2. The smallest absolute Gasteiger partial charge is 0.0378 e. The highest BCUT2D eigenvalue weighted by Crippen LogP contribution is 1.99. The van der Waals surface area contributed by atoms with Crippen molar-refractivity contribution >= 4 is 0 Å². The molecule has 1 N–H and O–H groups in total. The lowest BCUT2D eigenvalue weighted by molar-refractivity contribution is 0.233. The third kappa shape index (κ3) is 3.03. The van der Waals surface area contributed by atoms with Crippen LogP contribution in [0.25, 0.3) is 0 Å². The van der Waals surface area contributed by atoms with Crippen molar-refractivity contribution in [2.75, 3.05) is 13.6 Å². The summed E-state index contributed by atoms with van der Waals surface area (Å²) in [6, 6.07) is 10.4. The average Bonchev–Trinajstić information content (AvgIpc) is 2.06. The molecule has 2 heteroatoms. The Labute approximate surface area is 74.2 Å². The van der Waals surface area contributed by atoms with Crippen LogP contribution in [0.15, 0.2) is 30.3 Å². The van der Waals surface area contributed by atoms with Crippen LogP contribution in [0.2, 0.25) is 0 Å². The zero-order valence-electron chi connectivity index (χ0n) is 7.75. The van der Waals surface area contributed by atoms with E-state index in [0.717, 1.165) is 13.1 Å². The van der Waals surface area contributed by atoms with Gasteiger partial charge in [0.05, 0.1) is 0 Å². The molecule has 0 aliphatic rings. The van der Waals surface area contributed by atoms with Gasteiger partial charge in [-0.05, 0) is 5.56 Å². The second-order valence-corrected chi connectivity index (χ2v) is 2.85. The number of nitrogens with one attached hydrogen (secondary N) is 1. The largest absolute Gasteiger partial charge is 0.255 e. The van der Waals surface area contributed by atoms with Crippen LogP contribution >= 0.6 is 0 Å². The van der Waals surface area contributed by atoms with E-state index in [2.05, 4.69) is 48.7 Å². The average molecular weight is 164 g/mol. The highest BCUT2D eigenvalue weighted by molar-refractivity contribution is 5.14. The van der Waals surface area contributed by atoms with E-state index in [1.807, 2.05) is 6.07 Å². The summed E-state index contributed by atoms with van der Waals surface area (Å²) in [4.78, 5) is 0. The Morgan fingerprint density at radius 3 is 2.50 bits per heavy atom. The molecule has 0 radical (unpaired) electrons. The predicted octanol–water partition coefficient (Wildman–Crippen LogP) is 1.64. The van der Waals surface area contributed by atoms with Crippen LogP contribution in [0.1, 0.15) is 12.5 Å². The van der Waals surface area contributed by atoms with E-state index in [4.69, 9.17) is 0 Å². The molecule has 2 nitrogen and oxygen atoms in total. The van der Waals surface area contributed by atoms with E-state index in [1.54, 1.807) is 0 Å². The van der Waals surface area contributed by atoms with Crippen molar-refractivity contribution in [2.45, 2.75) is 13.5 Å². The minimum absolute atomic E-state index is 0.953. The first-order chi connectivity index (χ1) is 5.83. The number of hydrogen-bond acceptors (Lipinski definition) is 2. The van der Waals surface area contributed by atoms with E-state index in [1.165, 1.54) is 5.56 Å². The minimum atomic E-state index is 0.953. The molecule has 12 heavy (non-hydrogen) atoms. The quantitative estimate of drug-likeness (QED) is 0.681. The molecule has 66 valence electrons. The van der Waals surface area contributed by atoms with Gasteiger partial charge in [0, 0.05) is 20.1 Å². The maximum atomic E-state index is 3.23. The third-order valence-electron chi connectivity index (χ3n) is 1.69. The van der Waals surface area contributed by atoms with Crippen molar-refractivity contribution in [3.05, 3.63) is 35.9 Å². The molecule has 0 saturated carbocycles. The lowest BCUT2D eigenvalue weighted by Crippen LogP contribution is -2.33. The topological polar surface area (TPSA) is 15.3 Å². The molecule has 1 aromatic carbocycles. The van der Waals surface area contributed by atoms with Crippen LogP contribution in [0.3, 0.4) is 0 Å². The van der Waals surface area contributed by atoms with E-state index >= 15 is 0 Å². The fourth-order valence-electron chi connectivity index (χ4n) is 1.18. The molecule has 0 heterocycles. The molecule has 0 aromatic heterocycles. The summed E-state index contributed by atoms with van der Waals surface area (Å²) in [7, 11) is 2.05. The fraction of sp³-hybridized carbons (Fsp3) is 0.400. The van der Waals surface area contributed by atoms with Gasteiger partial charge in [-0.15, -0.1) is 0 Å². The van der Waals surface area contributed by atoms with E-state index in [-0.39, 0.29) is 0 Å². The van der Waals surface area contributed by atoms with Crippen LogP contribution < -0.4 is 5.43 Å². The molecule has 0 amide bonds. The Hall–Kier alpha value is -0.860. The Balaban J connectivity index is 2.41. The van der Waals surface area contributed by atoms with Crippen molar-refractivity contribution in [1.82, 2.24) is 10.4 Å². The molecule has 0 spiro atoms. The fourth-order valence-corrected chi connectivity index (χ4v) is 1.18. The maximum Gasteiger partial charge on any atom is 0.0378 e. The van der Waals surface area contributed by atoms with E-state index < -0.39 is 0 Å². The summed E-state index contributed by atoms with van der Waals surface area (Å²) >= 11 is 0. The molecular weight excluding hydrogens is 148 g/mol. The SMILES string of the molecule is CCNN(C)Cc1ccccc1. The van der Waals surface area contributed by atoms with E-state index in [0.29, 0.717) is 0 Å². The van der Waals surface area contributed by atoms with Crippen molar-refractivity contribution in [1.29, 1.82) is 0 Å². The van der Waals surface area contributed by atoms with Gasteiger partial charge in [0.25, 0.3) is 0 Å². The summed E-state index contributed by atoms with van der Waals surface area (Å²) in [5, 5.41) is 2.09. The normalized spacial score (nSPS) is 10.6. The Bertz CT molecular complexity index is 208. The van der Waals surface area contributed by atoms with Gasteiger partial charge in [0.2, 0.25) is 0 Å². The van der Waals surface area contributed by atoms with Crippen molar-refractivity contribution < 1.29 is 0 Å². The molecule has 0 bridgehead atoms. The zero-order chi connectivity index (χ0) is 8.81. The summed E-state index contributed by atoms with van der Waals surface area (Å²) in [5.74, 6) is 0. The molecule has 1 aromatic rings. The Morgan fingerprint density at radius 2 is 1.92 bits per heavy atom. The van der Waals surface area contributed by atoms with Gasteiger partial charge < -0.3 is 0 Å². The Kier molecular flexibility index (Phi) is 3.77. The summed E-state index contributed by atoms with van der Waals surface area (Å²) < 4.78 is 0. The first kappa shape index (κ1) is 9.23. The number of benzene rings is 1. The van der Waals surface area contributed by atoms with Gasteiger partial charge in [0.1, 0.15) is 0 Å². The molecule has 1 rings (SSSR count). The first-order valence-electron chi connectivity index (χ1n) is 4.31. The van der Waals surface area contributed by atoms with Crippen LogP contribution in [0.5, 0.6) is 0 Å². The van der Waals surface area contributed by atoms with Crippen LogP contribution in [-0.2, 0) is 6.54 Å². The van der Waals surface area contributed by atoms with Crippen LogP contribution in [-0.4, -0.2) is 18.6 Å². The summed E-state index contributed by atoms with van der Waals surface area (Å²) in [6.07, 6.45) is 0. The van der Waals surface area contributed by atoms with Crippen molar-refractivity contribution in [3.8, 4) is 0 Å². The number of hydrazine groups is 1. The van der Waals surface area contributed by atoms with Crippen LogP contribution in [0.4, 0.5) is 0 Å². The summed E-state index contributed by atoms with van der Waals surface area (Å²) in [6.45, 7) is 4.03. The number of rotatable bonds is 4. The molecule has 0 unspecified atom stereocenters. The van der Waals surface area contributed by atoms with Crippen LogP contribution in [0, 0.1) is 0 Å². The first-order valence-corrected chi connectivity index (χ1v) is 4.31. The van der Waals surface area contributed by atoms with Crippen molar-refractivity contribution in [3.63, 3.8) is 0 Å². The molecular formula is C10H16N2. The standard InChI is InChI=1S/C10H16N2/c1-3-11-12(2)9-10-7-5-4-6-8-10/h4-8,11H,3,9H2,1-2H3. The van der Waals surface area contributed by atoms with Gasteiger partial charge in [-0.25, -0.2) is 5.01 Å².